The standard InChI is InChI=1S/C20H15N3O4S/c1-27-16-8-4-14(5-9-16)18-10-17-19(28-18)20(24)22(12-21-17)11-13-2-6-15(7-3-13)23(25)26/h2-10,12H,11H2,1H3. The molecule has 0 radical (unpaired) electrons. The normalized spacial score (nSPS) is 10.9. The lowest BCUT2D eigenvalue weighted by atomic mass is 10.2. The summed E-state index contributed by atoms with van der Waals surface area (Å²) >= 11 is 1.40. The van der Waals surface area contributed by atoms with Gasteiger partial charge in [-0.2, -0.15) is 0 Å². The molecule has 0 saturated carbocycles. The second-order valence-electron chi connectivity index (χ2n) is 6.15. The average Bonchev–Trinajstić information content (AvgIpc) is 3.16. The molecule has 0 aliphatic rings. The highest BCUT2D eigenvalue weighted by Crippen LogP contribution is 2.31. The summed E-state index contributed by atoms with van der Waals surface area (Å²) in [6.07, 6.45) is 1.51. The Morgan fingerprint density at radius 3 is 2.50 bits per heavy atom. The first-order valence-corrected chi connectivity index (χ1v) is 9.23. The van der Waals surface area contributed by atoms with Crippen molar-refractivity contribution in [2.75, 3.05) is 7.11 Å². The molecule has 140 valence electrons. The van der Waals surface area contributed by atoms with E-state index in [2.05, 4.69) is 4.98 Å². The van der Waals surface area contributed by atoms with Crippen LogP contribution in [0.4, 0.5) is 5.69 Å². The number of nitro benzene ring substituents is 1. The lowest BCUT2D eigenvalue weighted by Crippen LogP contribution is -2.20. The lowest BCUT2D eigenvalue weighted by molar-refractivity contribution is -0.384. The Morgan fingerprint density at radius 2 is 1.86 bits per heavy atom. The predicted octanol–water partition coefficient (Wildman–Crippen LogP) is 4.09. The van der Waals surface area contributed by atoms with Crippen molar-refractivity contribution in [2.45, 2.75) is 6.54 Å². The van der Waals surface area contributed by atoms with Gasteiger partial charge in [0.2, 0.25) is 0 Å². The highest BCUT2D eigenvalue weighted by molar-refractivity contribution is 7.22. The Bertz CT molecular complexity index is 1210. The second-order valence-corrected chi connectivity index (χ2v) is 7.21. The van der Waals surface area contributed by atoms with Crippen molar-refractivity contribution in [1.82, 2.24) is 9.55 Å². The van der Waals surface area contributed by atoms with Crippen molar-refractivity contribution in [3.8, 4) is 16.2 Å². The van der Waals surface area contributed by atoms with Crippen LogP contribution in [0.3, 0.4) is 0 Å². The molecule has 0 N–H and O–H groups in total. The summed E-state index contributed by atoms with van der Waals surface area (Å²) in [5, 5.41) is 10.8. The van der Waals surface area contributed by atoms with Crippen LogP contribution in [0.25, 0.3) is 20.7 Å². The number of methoxy groups -OCH3 is 1. The predicted molar refractivity (Wildman–Crippen MR) is 108 cm³/mol. The molecule has 4 aromatic rings. The molecule has 0 bridgehead atoms. The minimum atomic E-state index is -0.449. The van der Waals surface area contributed by atoms with E-state index in [1.54, 1.807) is 19.2 Å². The lowest BCUT2D eigenvalue weighted by Gasteiger charge is -2.05. The summed E-state index contributed by atoms with van der Waals surface area (Å²) in [5.41, 5.74) is 2.33. The minimum absolute atomic E-state index is 0.0204. The minimum Gasteiger partial charge on any atom is -0.497 e. The number of rotatable bonds is 5. The molecule has 0 spiro atoms. The van der Waals surface area contributed by atoms with E-state index < -0.39 is 4.92 Å². The Labute approximate surface area is 163 Å². The Kier molecular flexibility index (Phi) is 4.62. The quantitative estimate of drug-likeness (QED) is 0.376. The van der Waals surface area contributed by atoms with Gasteiger partial charge < -0.3 is 4.74 Å². The topological polar surface area (TPSA) is 87.3 Å². The molecule has 4 rings (SSSR count). The van der Waals surface area contributed by atoms with E-state index >= 15 is 0 Å². The molecule has 28 heavy (non-hydrogen) atoms. The van der Waals surface area contributed by atoms with Crippen LogP contribution in [0.2, 0.25) is 0 Å². The van der Waals surface area contributed by atoms with Gasteiger partial charge in [0.25, 0.3) is 11.2 Å². The third-order valence-corrected chi connectivity index (χ3v) is 5.54. The van der Waals surface area contributed by atoms with Crippen molar-refractivity contribution in [3.63, 3.8) is 0 Å². The van der Waals surface area contributed by atoms with Gasteiger partial charge in [0, 0.05) is 17.0 Å². The van der Waals surface area contributed by atoms with Gasteiger partial charge in [0.15, 0.2) is 0 Å². The fourth-order valence-corrected chi connectivity index (χ4v) is 3.94. The molecule has 0 aliphatic heterocycles. The molecular formula is C20H15N3O4S. The first-order valence-electron chi connectivity index (χ1n) is 8.42. The van der Waals surface area contributed by atoms with Crippen LogP contribution < -0.4 is 10.3 Å². The number of fused-ring (bicyclic) bond motifs is 1. The highest BCUT2D eigenvalue weighted by atomic mass is 32.1. The zero-order valence-electron chi connectivity index (χ0n) is 14.9. The van der Waals surface area contributed by atoms with Crippen LogP contribution in [0.5, 0.6) is 5.75 Å². The van der Waals surface area contributed by atoms with Gasteiger partial charge in [-0.15, -0.1) is 11.3 Å². The van der Waals surface area contributed by atoms with Crippen LogP contribution in [0, 0.1) is 10.1 Å². The first-order chi connectivity index (χ1) is 13.5. The molecule has 2 heterocycles. The van der Waals surface area contributed by atoms with Crippen LogP contribution in [0.1, 0.15) is 5.56 Å². The molecule has 0 amide bonds. The Morgan fingerprint density at radius 1 is 1.14 bits per heavy atom. The third kappa shape index (κ3) is 3.37. The summed E-state index contributed by atoms with van der Waals surface area (Å²) in [4.78, 5) is 28.5. The van der Waals surface area contributed by atoms with Crippen molar-refractivity contribution in [1.29, 1.82) is 0 Å². The number of thiophene rings is 1. The largest absolute Gasteiger partial charge is 0.497 e. The molecule has 2 aromatic carbocycles. The molecule has 0 unspecified atom stereocenters. The average molecular weight is 393 g/mol. The number of ether oxygens (including phenoxy) is 1. The van der Waals surface area contributed by atoms with E-state index in [-0.39, 0.29) is 11.2 Å². The summed E-state index contributed by atoms with van der Waals surface area (Å²) in [6, 6.07) is 15.7. The van der Waals surface area contributed by atoms with E-state index in [9.17, 15) is 14.9 Å². The molecule has 7 nitrogen and oxygen atoms in total. The van der Waals surface area contributed by atoms with Gasteiger partial charge in [-0.05, 0) is 41.5 Å². The van der Waals surface area contributed by atoms with E-state index in [1.807, 2.05) is 30.3 Å². The van der Waals surface area contributed by atoms with Crippen LogP contribution >= 0.6 is 11.3 Å². The van der Waals surface area contributed by atoms with E-state index in [0.29, 0.717) is 16.8 Å². The van der Waals surface area contributed by atoms with Gasteiger partial charge in [0.05, 0.1) is 30.4 Å². The van der Waals surface area contributed by atoms with Crippen LogP contribution in [0.15, 0.2) is 65.7 Å². The number of benzene rings is 2. The van der Waals surface area contributed by atoms with E-state index in [0.717, 1.165) is 21.8 Å². The summed E-state index contributed by atoms with van der Waals surface area (Å²) in [5.74, 6) is 0.772. The van der Waals surface area contributed by atoms with Gasteiger partial charge >= 0.3 is 0 Å². The zero-order valence-corrected chi connectivity index (χ0v) is 15.7. The van der Waals surface area contributed by atoms with Gasteiger partial charge in [0.1, 0.15) is 10.4 Å². The fraction of sp³-hybridized carbons (Fsp3) is 0.100. The Balaban J connectivity index is 1.66. The van der Waals surface area contributed by atoms with Gasteiger partial charge in [-0.25, -0.2) is 4.98 Å². The first kappa shape index (κ1) is 17.9. The Hall–Kier alpha value is -3.52. The number of non-ortho nitro benzene ring substituents is 1. The summed E-state index contributed by atoms with van der Waals surface area (Å²) in [6.45, 7) is 0.301. The second kappa shape index (κ2) is 7.24. The molecule has 2 aromatic heterocycles. The summed E-state index contributed by atoms with van der Waals surface area (Å²) < 4.78 is 7.27. The number of aromatic nitrogens is 2. The van der Waals surface area contributed by atoms with Crippen molar-refractivity contribution >= 4 is 27.2 Å². The molecule has 8 heteroatoms. The van der Waals surface area contributed by atoms with Crippen molar-refractivity contribution in [3.05, 3.63) is 87.0 Å². The number of hydrogen-bond acceptors (Lipinski definition) is 6. The monoisotopic (exact) mass is 393 g/mol. The third-order valence-electron chi connectivity index (χ3n) is 4.38. The number of hydrogen-bond donors (Lipinski definition) is 0. The molecular weight excluding hydrogens is 378 g/mol. The van der Waals surface area contributed by atoms with Gasteiger partial charge in [-0.3, -0.25) is 19.5 Å². The van der Waals surface area contributed by atoms with Crippen LogP contribution in [-0.2, 0) is 6.54 Å². The molecule has 0 saturated heterocycles. The highest BCUT2D eigenvalue weighted by Gasteiger charge is 2.12. The molecule has 0 atom stereocenters. The fourth-order valence-electron chi connectivity index (χ4n) is 2.88. The molecule has 0 aliphatic carbocycles. The van der Waals surface area contributed by atoms with E-state index in [4.69, 9.17) is 4.74 Å². The number of nitrogens with zero attached hydrogens (tertiary/aromatic N) is 3. The zero-order chi connectivity index (χ0) is 19.7. The molecule has 0 fully saturated rings. The smallest absolute Gasteiger partial charge is 0.271 e. The van der Waals surface area contributed by atoms with Gasteiger partial charge in [-0.1, -0.05) is 12.1 Å². The maximum absolute atomic E-state index is 12.9. The van der Waals surface area contributed by atoms with Crippen LogP contribution in [-0.4, -0.2) is 21.6 Å². The van der Waals surface area contributed by atoms with Crippen molar-refractivity contribution in [2.24, 2.45) is 0 Å². The maximum atomic E-state index is 12.9. The summed E-state index contributed by atoms with van der Waals surface area (Å²) in [7, 11) is 1.62. The van der Waals surface area contributed by atoms with E-state index in [1.165, 1.54) is 34.4 Å². The number of nitro groups is 1. The van der Waals surface area contributed by atoms with Crippen molar-refractivity contribution < 1.29 is 9.66 Å². The SMILES string of the molecule is COc1ccc(-c2cc3ncn(Cc4ccc([N+](=O)[O-])cc4)c(=O)c3s2)cc1. The maximum Gasteiger partial charge on any atom is 0.271 e.